The Bertz CT molecular complexity index is 277. The van der Waals surface area contributed by atoms with Crippen molar-refractivity contribution in [2.45, 2.75) is 25.9 Å². The van der Waals surface area contributed by atoms with Gasteiger partial charge < -0.3 is 10.5 Å². The lowest BCUT2D eigenvalue weighted by molar-refractivity contribution is 0.198. The van der Waals surface area contributed by atoms with E-state index in [0.717, 1.165) is 17.4 Å². The van der Waals surface area contributed by atoms with Crippen molar-refractivity contribution >= 4 is 5.69 Å². The summed E-state index contributed by atoms with van der Waals surface area (Å²) in [6, 6.07) is 7.59. The Morgan fingerprint density at radius 2 is 1.92 bits per heavy atom. The number of hydrogen-bond donors (Lipinski definition) is 1. The van der Waals surface area contributed by atoms with Gasteiger partial charge in [0.1, 0.15) is 5.75 Å². The normalized spacial score (nSPS) is 18.2. The molecule has 1 aromatic rings. The monoisotopic (exact) mass is 177 g/mol. The summed E-state index contributed by atoms with van der Waals surface area (Å²) in [5, 5.41) is 0. The molecule has 1 atom stereocenters. The van der Waals surface area contributed by atoms with Crippen LogP contribution in [0.25, 0.3) is 0 Å². The Morgan fingerprint density at radius 1 is 1.31 bits per heavy atom. The van der Waals surface area contributed by atoms with E-state index in [9.17, 15) is 0 Å². The van der Waals surface area contributed by atoms with E-state index >= 15 is 0 Å². The highest BCUT2D eigenvalue weighted by Crippen LogP contribution is 2.34. The second-order valence-corrected chi connectivity index (χ2v) is 3.73. The minimum atomic E-state index is 0.351. The number of benzene rings is 1. The fraction of sp³-hybridized carbons (Fsp3) is 0.455. The van der Waals surface area contributed by atoms with Crippen LogP contribution in [-0.4, -0.2) is 6.10 Å². The third kappa shape index (κ3) is 2.14. The molecule has 0 heterocycles. The summed E-state index contributed by atoms with van der Waals surface area (Å²) in [5.41, 5.74) is 6.36. The van der Waals surface area contributed by atoms with Crippen molar-refractivity contribution in [2.75, 3.05) is 5.73 Å². The fourth-order valence-electron chi connectivity index (χ4n) is 1.42. The zero-order valence-corrected chi connectivity index (χ0v) is 7.86. The Balaban J connectivity index is 1.96. The van der Waals surface area contributed by atoms with Gasteiger partial charge in [-0.2, -0.15) is 0 Å². The van der Waals surface area contributed by atoms with Gasteiger partial charge in [0.05, 0.1) is 6.10 Å². The van der Waals surface area contributed by atoms with Gasteiger partial charge in [-0.3, -0.25) is 0 Å². The quantitative estimate of drug-likeness (QED) is 0.720. The minimum absolute atomic E-state index is 0.351. The van der Waals surface area contributed by atoms with Gasteiger partial charge in [-0.25, -0.2) is 0 Å². The van der Waals surface area contributed by atoms with E-state index in [1.54, 1.807) is 0 Å². The number of ether oxygens (including phenoxy) is 1. The lowest BCUT2D eigenvalue weighted by Crippen LogP contribution is -2.13. The summed E-state index contributed by atoms with van der Waals surface area (Å²) in [4.78, 5) is 0. The van der Waals surface area contributed by atoms with Crippen molar-refractivity contribution in [2.24, 2.45) is 5.92 Å². The lowest BCUT2D eigenvalue weighted by atomic mass is 10.2. The van der Waals surface area contributed by atoms with E-state index in [1.165, 1.54) is 12.8 Å². The molecule has 0 amide bonds. The van der Waals surface area contributed by atoms with Crippen LogP contribution < -0.4 is 10.5 Å². The molecule has 1 fully saturated rings. The molecule has 2 rings (SSSR count). The molecule has 2 nitrogen and oxygen atoms in total. The smallest absolute Gasteiger partial charge is 0.119 e. The van der Waals surface area contributed by atoms with Crippen LogP contribution in [0.1, 0.15) is 19.8 Å². The largest absolute Gasteiger partial charge is 0.490 e. The van der Waals surface area contributed by atoms with Crippen LogP contribution in [0.15, 0.2) is 24.3 Å². The molecule has 0 unspecified atom stereocenters. The van der Waals surface area contributed by atoms with E-state index in [-0.39, 0.29) is 0 Å². The Hall–Kier alpha value is -1.18. The molecule has 1 aromatic carbocycles. The molecule has 1 saturated carbocycles. The Labute approximate surface area is 78.7 Å². The molecular formula is C11H15NO. The molecule has 0 radical (unpaired) electrons. The number of anilines is 1. The summed E-state index contributed by atoms with van der Waals surface area (Å²) in [6.07, 6.45) is 2.98. The topological polar surface area (TPSA) is 35.2 Å². The summed E-state index contributed by atoms with van der Waals surface area (Å²) in [6.45, 7) is 2.13. The van der Waals surface area contributed by atoms with E-state index in [1.807, 2.05) is 24.3 Å². The molecule has 0 saturated heterocycles. The van der Waals surface area contributed by atoms with Crippen LogP contribution in [0.2, 0.25) is 0 Å². The highest BCUT2D eigenvalue weighted by Gasteiger charge is 2.29. The molecule has 1 aliphatic carbocycles. The average molecular weight is 177 g/mol. The molecule has 2 heteroatoms. The van der Waals surface area contributed by atoms with Crippen molar-refractivity contribution in [1.29, 1.82) is 0 Å². The molecule has 0 aromatic heterocycles. The first-order chi connectivity index (χ1) is 6.25. The molecule has 70 valence electrons. The zero-order chi connectivity index (χ0) is 9.26. The molecule has 0 aliphatic heterocycles. The second-order valence-electron chi connectivity index (χ2n) is 3.73. The van der Waals surface area contributed by atoms with Crippen molar-refractivity contribution in [3.05, 3.63) is 24.3 Å². The predicted molar refractivity (Wildman–Crippen MR) is 53.7 cm³/mol. The number of rotatable bonds is 3. The van der Waals surface area contributed by atoms with Crippen molar-refractivity contribution in [3.8, 4) is 5.75 Å². The first-order valence-electron chi connectivity index (χ1n) is 4.78. The first kappa shape index (κ1) is 8.42. The highest BCUT2D eigenvalue weighted by molar-refractivity contribution is 5.41. The first-order valence-corrected chi connectivity index (χ1v) is 4.78. The molecule has 0 bridgehead atoms. The van der Waals surface area contributed by atoms with Crippen molar-refractivity contribution in [1.82, 2.24) is 0 Å². The summed E-state index contributed by atoms with van der Waals surface area (Å²) < 4.78 is 5.74. The zero-order valence-electron chi connectivity index (χ0n) is 7.86. The predicted octanol–water partition coefficient (Wildman–Crippen LogP) is 2.45. The van der Waals surface area contributed by atoms with Crippen LogP contribution in [-0.2, 0) is 0 Å². The summed E-state index contributed by atoms with van der Waals surface area (Å²) in [5.74, 6) is 1.70. The lowest BCUT2D eigenvalue weighted by Gasteiger charge is -2.13. The number of nitrogens with two attached hydrogens (primary N) is 1. The van der Waals surface area contributed by atoms with Gasteiger partial charge in [0, 0.05) is 5.69 Å². The van der Waals surface area contributed by atoms with Gasteiger partial charge in [-0.1, -0.05) is 0 Å². The average Bonchev–Trinajstić information content (AvgIpc) is 2.91. The molecular weight excluding hydrogens is 162 g/mol. The maximum Gasteiger partial charge on any atom is 0.119 e. The van der Waals surface area contributed by atoms with Crippen LogP contribution in [0.4, 0.5) is 5.69 Å². The summed E-state index contributed by atoms with van der Waals surface area (Å²) >= 11 is 0. The molecule has 0 spiro atoms. The fourth-order valence-corrected chi connectivity index (χ4v) is 1.42. The van der Waals surface area contributed by atoms with Crippen LogP contribution in [0.3, 0.4) is 0 Å². The second kappa shape index (κ2) is 3.29. The van der Waals surface area contributed by atoms with E-state index < -0.39 is 0 Å². The highest BCUT2D eigenvalue weighted by atomic mass is 16.5. The minimum Gasteiger partial charge on any atom is -0.490 e. The van der Waals surface area contributed by atoms with Gasteiger partial charge in [-0.05, 0) is 49.9 Å². The standard InChI is InChI=1S/C11H15NO/c1-8(9-2-3-9)13-11-6-4-10(12)5-7-11/h4-9H,2-3,12H2,1H3/t8-/m0/s1. The maximum atomic E-state index is 5.74. The van der Waals surface area contributed by atoms with E-state index in [4.69, 9.17) is 10.5 Å². The Kier molecular flexibility index (Phi) is 2.13. The van der Waals surface area contributed by atoms with Gasteiger partial charge in [0.2, 0.25) is 0 Å². The van der Waals surface area contributed by atoms with Gasteiger partial charge >= 0.3 is 0 Å². The Morgan fingerprint density at radius 3 is 2.46 bits per heavy atom. The third-order valence-corrected chi connectivity index (χ3v) is 2.49. The number of nitrogen functional groups attached to an aromatic ring is 1. The van der Waals surface area contributed by atoms with Crippen molar-refractivity contribution < 1.29 is 4.74 Å². The molecule has 13 heavy (non-hydrogen) atoms. The van der Waals surface area contributed by atoms with Crippen LogP contribution in [0, 0.1) is 5.92 Å². The van der Waals surface area contributed by atoms with Gasteiger partial charge in [-0.15, -0.1) is 0 Å². The third-order valence-electron chi connectivity index (χ3n) is 2.49. The number of hydrogen-bond acceptors (Lipinski definition) is 2. The van der Waals surface area contributed by atoms with Gasteiger partial charge in [0.15, 0.2) is 0 Å². The van der Waals surface area contributed by atoms with Crippen molar-refractivity contribution in [3.63, 3.8) is 0 Å². The maximum absolute atomic E-state index is 5.74. The molecule has 2 N–H and O–H groups in total. The van der Waals surface area contributed by atoms with Crippen LogP contribution >= 0.6 is 0 Å². The molecule has 1 aliphatic rings. The summed E-state index contributed by atoms with van der Waals surface area (Å²) in [7, 11) is 0. The van der Waals surface area contributed by atoms with Gasteiger partial charge in [0.25, 0.3) is 0 Å². The van der Waals surface area contributed by atoms with E-state index in [0.29, 0.717) is 6.10 Å². The SMILES string of the molecule is C[C@H](Oc1ccc(N)cc1)C1CC1. The van der Waals surface area contributed by atoms with Crippen LogP contribution in [0.5, 0.6) is 5.75 Å². The van der Waals surface area contributed by atoms with E-state index in [2.05, 4.69) is 6.92 Å².